The lowest BCUT2D eigenvalue weighted by Gasteiger charge is -2.08. The maximum Gasteiger partial charge on any atom is 0.307 e. The molecule has 1 aromatic rings. The van der Waals surface area contributed by atoms with E-state index in [1.165, 1.54) is 0 Å². The number of esters is 1. The lowest BCUT2D eigenvalue weighted by Crippen LogP contribution is -2.26. The highest BCUT2D eigenvalue weighted by Crippen LogP contribution is 2.08. The molecule has 19 heavy (non-hydrogen) atoms. The molecular weight excluding hydrogens is 244 g/mol. The van der Waals surface area contributed by atoms with E-state index in [0.29, 0.717) is 38.1 Å². The van der Waals surface area contributed by atoms with E-state index in [-0.39, 0.29) is 5.97 Å². The predicted molar refractivity (Wildman–Crippen MR) is 72.8 cm³/mol. The molecular formula is C13H24N4O2. The first-order valence-corrected chi connectivity index (χ1v) is 6.78. The molecule has 1 N–H and O–H groups in total. The van der Waals surface area contributed by atoms with Gasteiger partial charge in [-0.3, -0.25) is 4.79 Å². The van der Waals surface area contributed by atoms with Crippen LogP contribution in [0.15, 0.2) is 6.20 Å². The average Bonchev–Trinajstić information content (AvgIpc) is 2.77. The maximum atomic E-state index is 11.4. The van der Waals surface area contributed by atoms with Gasteiger partial charge in [0.1, 0.15) is 6.61 Å². The van der Waals surface area contributed by atoms with Gasteiger partial charge in [0.2, 0.25) is 0 Å². The number of hydrogen-bond acceptors (Lipinski definition) is 5. The molecule has 6 heteroatoms. The number of nitrogens with zero attached hydrogens (tertiary/aromatic N) is 3. The number of aromatic nitrogens is 3. The van der Waals surface area contributed by atoms with E-state index in [0.717, 1.165) is 5.69 Å². The lowest BCUT2D eigenvalue weighted by atomic mass is 10.2. The van der Waals surface area contributed by atoms with Gasteiger partial charge in [0.05, 0.1) is 18.7 Å². The number of carbonyl (C=O) groups is 1. The molecule has 0 radical (unpaired) electrons. The summed E-state index contributed by atoms with van der Waals surface area (Å²) in [5, 5.41) is 11.2. The highest BCUT2D eigenvalue weighted by Gasteiger charge is 2.06. The molecule has 0 bridgehead atoms. The number of ether oxygens (including phenoxy) is 1. The van der Waals surface area contributed by atoms with Crippen LogP contribution in [0.5, 0.6) is 0 Å². The van der Waals surface area contributed by atoms with Gasteiger partial charge in [0.15, 0.2) is 0 Å². The first kappa shape index (κ1) is 15.6. The molecule has 0 aliphatic carbocycles. The molecule has 1 rings (SSSR count). The standard InChI is InChI=1S/C13H24N4O2/c1-10(2)12-9-17(16-15-12)7-8-19-13(18)5-6-14-11(3)4/h9-11,14H,5-8H2,1-4H3. The second kappa shape index (κ2) is 7.89. The van der Waals surface area contributed by atoms with Gasteiger partial charge in [-0.25, -0.2) is 4.68 Å². The Balaban J connectivity index is 2.17. The van der Waals surface area contributed by atoms with E-state index in [9.17, 15) is 4.79 Å². The van der Waals surface area contributed by atoms with Crippen molar-refractivity contribution in [3.8, 4) is 0 Å². The third-order valence-corrected chi connectivity index (χ3v) is 2.61. The smallest absolute Gasteiger partial charge is 0.307 e. The van der Waals surface area contributed by atoms with E-state index in [4.69, 9.17) is 4.74 Å². The van der Waals surface area contributed by atoms with Gasteiger partial charge in [-0.05, 0) is 5.92 Å². The Labute approximate surface area is 114 Å². The summed E-state index contributed by atoms with van der Waals surface area (Å²) in [4.78, 5) is 11.4. The van der Waals surface area contributed by atoms with Gasteiger partial charge < -0.3 is 10.1 Å². The van der Waals surface area contributed by atoms with Crippen molar-refractivity contribution in [2.75, 3.05) is 13.2 Å². The molecule has 0 saturated heterocycles. The zero-order chi connectivity index (χ0) is 14.3. The van der Waals surface area contributed by atoms with Crippen molar-refractivity contribution in [2.45, 2.75) is 52.6 Å². The summed E-state index contributed by atoms with van der Waals surface area (Å²) < 4.78 is 6.83. The van der Waals surface area contributed by atoms with Crippen LogP contribution in [0.2, 0.25) is 0 Å². The highest BCUT2D eigenvalue weighted by molar-refractivity contribution is 5.69. The summed E-state index contributed by atoms with van der Waals surface area (Å²) in [6.45, 7) is 9.75. The number of rotatable bonds is 8. The first-order valence-electron chi connectivity index (χ1n) is 6.78. The summed E-state index contributed by atoms with van der Waals surface area (Å²) in [7, 11) is 0. The Hall–Kier alpha value is -1.43. The number of nitrogens with one attached hydrogen (secondary N) is 1. The third-order valence-electron chi connectivity index (χ3n) is 2.61. The minimum absolute atomic E-state index is 0.183. The quantitative estimate of drug-likeness (QED) is 0.720. The summed E-state index contributed by atoms with van der Waals surface area (Å²) >= 11 is 0. The fraction of sp³-hybridized carbons (Fsp3) is 0.769. The molecule has 0 fully saturated rings. The molecule has 0 spiro atoms. The number of hydrogen-bond donors (Lipinski definition) is 1. The molecule has 0 aliphatic heterocycles. The zero-order valence-corrected chi connectivity index (χ0v) is 12.2. The predicted octanol–water partition coefficient (Wildman–Crippen LogP) is 1.33. The fourth-order valence-electron chi connectivity index (χ4n) is 1.48. The Morgan fingerprint density at radius 2 is 2.16 bits per heavy atom. The van der Waals surface area contributed by atoms with Crippen LogP contribution in [0.1, 0.15) is 45.7 Å². The zero-order valence-electron chi connectivity index (χ0n) is 12.2. The van der Waals surface area contributed by atoms with Gasteiger partial charge in [-0.15, -0.1) is 5.10 Å². The number of carbonyl (C=O) groups excluding carboxylic acids is 1. The van der Waals surface area contributed by atoms with E-state index in [1.54, 1.807) is 4.68 Å². The molecule has 1 aromatic heterocycles. The Morgan fingerprint density at radius 1 is 1.42 bits per heavy atom. The monoisotopic (exact) mass is 268 g/mol. The highest BCUT2D eigenvalue weighted by atomic mass is 16.5. The van der Waals surface area contributed by atoms with E-state index < -0.39 is 0 Å². The van der Waals surface area contributed by atoms with Crippen LogP contribution < -0.4 is 5.32 Å². The maximum absolute atomic E-state index is 11.4. The minimum atomic E-state index is -0.183. The second-order valence-electron chi connectivity index (χ2n) is 5.14. The normalized spacial score (nSPS) is 11.3. The van der Waals surface area contributed by atoms with Crippen LogP contribution in [-0.4, -0.2) is 40.2 Å². The Kier molecular flexibility index (Phi) is 6.49. The van der Waals surface area contributed by atoms with Crippen molar-refractivity contribution in [1.82, 2.24) is 20.3 Å². The molecule has 0 atom stereocenters. The van der Waals surface area contributed by atoms with Crippen molar-refractivity contribution in [3.05, 3.63) is 11.9 Å². The summed E-state index contributed by atoms with van der Waals surface area (Å²) in [5.74, 6) is 0.177. The summed E-state index contributed by atoms with van der Waals surface area (Å²) in [6.07, 6.45) is 2.28. The van der Waals surface area contributed by atoms with Crippen molar-refractivity contribution in [2.24, 2.45) is 0 Å². The van der Waals surface area contributed by atoms with Crippen molar-refractivity contribution >= 4 is 5.97 Å². The third kappa shape index (κ3) is 6.33. The van der Waals surface area contributed by atoms with Crippen molar-refractivity contribution in [1.29, 1.82) is 0 Å². The molecule has 0 aliphatic rings. The summed E-state index contributed by atoms with van der Waals surface area (Å²) in [6, 6.07) is 0.386. The molecule has 1 heterocycles. The molecule has 0 saturated carbocycles. The molecule has 108 valence electrons. The van der Waals surface area contributed by atoms with Gasteiger partial charge in [0, 0.05) is 18.8 Å². The second-order valence-corrected chi connectivity index (χ2v) is 5.14. The van der Waals surface area contributed by atoms with E-state index in [2.05, 4.69) is 29.5 Å². The SMILES string of the molecule is CC(C)NCCC(=O)OCCn1cc(C(C)C)nn1. The largest absolute Gasteiger partial charge is 0.464 e. The van der Waals surface area contributed by atoms with Gasteiger partial charge in [-0.2, -0.15) is 0 Å². The molecule has 0 unspecified atom stereocenters. The average molecular weight is 268 g/mol. The van der Waals surface area contributed by atoms with Crippen LogP contribution in [0, 0.1) is 0 Å². The minimum Gasteiger partial charge on any atom is -0.464 e. The first-order chi connectivity index (χ1) is 8.99. The Bertz CT molecular complexity index is 388. The van der Waals surface area contributed by atoms with Gasteiger partial charge in [0.25, 0.3) is 0 Å². The topological polar surface area (TPSA) is 69.0 Å². The summed E-state index contributed by atoms with van der Waals surface area (Å²) in [5.41, 5.74) is 0.951. The molecule has 0 aromatic carbocycles. The fourth-order valence-corrected chi connectivity index (χ4v) is 1.48. The lowest BCUT2D eigenvalue weighted by molar-refractivity contribution is -0.143. The van der Waals surface area contributed by atoms with Gasteiger partial charge >= 0.3 is 5.97 Å². The van der Waals surface area contributed by atoms with Crippen LogP contribution in [0.4, 0.5) is 0 Å². The van der Waals surface area contributed by atoms with Crippen molar-refractivity contribution in [3.63, 3.8) is 0 Å². The Morgan fingerprint density at radius 3 is 2.74 bits per heavy atom. The van der Waals surface area contributed by atoms with E-state index in [1.807, 2.05) is 20.0 Å². The van der Waals surface area contributed by atoms with E-state index >= 15 is 0 Å². The van der Waals surface area contributed by atoms with Crippen LogP contribution in [0.25, 0.3) is 0 Å². The van der Waals surface area contributed by atoms with Gasteiger partial charge in [-0.1, -0.05) is 32.9 Å². The molecule has 6 nitrogen and oxygen atoms in total. The molecule has 0 amide bonds. The van der Waals surface area contributed by atoms with Crippen LogP contribution in [-0.2, 0) is 16.1 Å². The van der Waals surface area contributed by atoms with Crippen LogP contribution >= 0.6 is 0 Å². The van der Waals surface area contributed by atoms with Crippen molar-refractivity contribution < 1.29 is 9.53 Å². The van der Waals surface area contributed by atoms with Crippen LogP contribution in [0.3, 0.4) is 0 Å².